The summed E-state index contributed by atoms with van der Waals surface area (Å²) >= 11 is 0. The summed E-state index contributed by atoms with van der Waals surface area (Å²) in [6.45, 7) is 5.34. The van der Waals surface area contributed by atoms with Crippen molar-refractivity contribution in [2.24, 2.45) is 5.41 Å². The zero-order chi connectivity index (χ0) is 17.7. The molecular formula is C18H24O6. The first-order chi connectivity index (χ1) is 11.3. The van der Waals surface area contributed by atoms with Crippen molar-refractivity contribution in [3.05, 3.63) is 35.9 Å². The Hall–Kier alpha value is -1.92. The Labute approximate surface area is 142 Å². The molecule has 0 aliphatic carbocycles. The summed E-state index contributed by atoms with van der Waals surface area (Å²) in [6.07, 6.45) is -1.17. The number of methoxy groups -OCH3 is 1. The Balaban J connectivity index is 1.98. The summed E-state index contributed by atoms with van der Waals surface area (Å²) in [4.78, 5) is 24.1. The van der Waals surface area contributed by atoms with Crippen LogP contribution in [0.2, 0.25) is 0 Å². The number of hydrogen-bond donors (Lipinski definition) is 0. The van der Waals surface area contributed by atoms with E-state index in [0.29, 0.717) is 12.0 Å². The number of benzene rings is 1. The summed E-state index contributed by atoms with van der Waals surface area (Å²) in [6, 6.07) is 8.72. The molecule has 1 aliphatic heterocycles. The Morgan fingerprint density at radius 1 is 1.21 bits per heavy atom. The van der Waals surface area contributed by atoms with Gasteiger partial charge in [-0.05, 0) is 32.9 Å². The fraction of sp³-hybridized carbons (Fsp3) is 0.556. The van der Waals surface area contributed by atoms with Gasteiger partial charge in [-0.2, -0.15) is 0 Å². The molecule has 1 aromatic carbocycles. The molecule has 6 heteroatoms. The predicted octanol–water partition coefficient (Wildman–Crippen LogP) is 2.56. The van der Waals surface area contributed by atoms with Gasteiger partial charge < -0.3 is 18.9 Å². The highest BCUT2D eigenvalue weighted by Gasteiger charge is 2.39. The maximum Gasteiger partial charge on any atom is 0.338 e. The summed E-state index contributed by atoms with van der Waals surface area (Å²) < 4.78 is 21.6. The van der Waals surface area contributed by atoms with Crippen LogP contribution in [-0.2, 0) is 23.7 Å². The average Bonchev–Trinajstić information content (AvgIpc) is 2.94. The molecule has 0 aromatic heterocycles. The molecular weight excluding hydrogens is 312 g/mol. The van der Waals surface area contributed by atoms with Crippen LogP contribution < -0.4 is 0 Å². The van der Waals surface area contributed by atoms with E-state index in [1.165, 1.54) is 7.11 Å². The molecule has 0 radical (unpaired) electrons. The van der Waals surface area contributed by atoms with E-state index in [2.05, 4.69) is 0 Å². The number of rotatable bonds is 5. The van der Waals surface area contributed by atoms with Gasteiger partial charge in [0.15, 0.2) is 6.29 Å². The molecule has 1 fully saturated rings. The van der Waals surface area contributed by atoms with Crippen molar-refractivity contribution >= 4 is 11.9 Å². The van der Waals surface area contributed by atoms with E-state index >= 15 is 0 Å². The highest BCUT2D eigenvalue weighted by Crippen LogP contribution is 2.26. The van der Waals surface area contributed by atoms with Crippen molar-refractivity contribution in [1.29, 1.82) is 0 Å². The van der Waals surface area contributed by atoms with Gasteiger partial charge in [-0.1, -0.05) is 18.2 Å². The van der Waals surface area contributed by atoms with Gasteiger partial charge in [0.2, 0.25) is 0 Å². The molecule has 1 unspecified atom stereocenters. The highest BCUT2D eigenvalue weighted by atomic mass is 16.7. The van der Waals surface area contributed by atoms with Gasteiger partial charge in [0.1, 0.15) is 18.8 Å². The molecule has 24 heavy (non-hydrogen) atoms. The quantitative estimate of drug-likeness (QED) is 0.770. The molecule has 1 heterocycles. The zero-order valence-corrected chi connectivity index (χ0v) is 14.5. The molecule has 3 atom stereocenters. The molecule has 2 rings (SSSR count). The normalized spacial score (nSPS) is 23.8. The summed E-state index contributed by atoms with van der Waals surface area (Å²) in [5.74, 6) is -0.770. The molecule has 0 saturated carbocycles. The minimum absolute atomic E-state index is 0.0166. The minimum Gasteiger partial charge on any atom is -0.462 e. The molecule has 1 aromatic rings. The highest BCUT2D eigenvalue weighted by molar-refractivity contribution is 5.89. The van der Waals surface area contributed by atoms with Crippen LogP contribution in [0.4, 0.5) is 0 Å². The molecule has 0 amide bonds. The number of esters is 2. The smallest absolute Gasteiger partial charge is 0.338 e. The summed E-state index contributed by atoms with van der Waals surface area (Å²) in [7, 11) is 1.52. The third-order valence-electron chi connectivity index (χ3n) is 3.69. The lowest BCUT2D eigenvalue weighted by molar-refractivity contribution is -0.165. The van der Waals surface area contributed by atoms with Crippen molar-refractivity contribution < 1.29 is 28.5 Å². The summed E-state index contributed by atoms with van der Waals surface area (Å²) in [5.41, 5.74) is -0.140. The van der Waals surface area contributed by atoms with Crippen molar-refractivity contribution in [2.45, 2.75) is 45.7 Å². The molecule has 6 nitrogen and oxygen atoms in total. The first kappa shape index (κ1) is 18.4. The van der Waals surface area contributed by atoms with E-state index in [1.54, 1.807) is 45.0 Å². The number of carbonyl (C=O) groups excluding carboxylic acids is 2. The first-order valence-corrected chi connectivity index (χ1v) is 7.92. The van der Waals surface area contributed by atoms with E-state index in [-0.39, 0.29) is 12.6 Å². The maximum atomic E-state index is 12.2. The van der Waals surface area contributed by atoms with E-state index in [9.17, 15) is 9.59 Å². The van der Waals surface area contributed by atoms with Crippen LogP contribution in [-0.4, -0.2) is 44.2 Å². The van der Waals surface area contributed by atoms with Crippen molar-refractivity contribution in [1.82, 2.24) is 0 Å². The third kappa shape index (κ3) is 4.79. The Morgan fingerprint density at radius 3 is 2.46 bits per heavy atom. The van der Waals surface area contributed by atoms with Crippen LogP contribution in [0.15, 0.2) is 30.3 Å². The van der Waals surface area contributed by atoms with Crippen LogP contribution >= 0.6 is 0 Å². The van der Waals surface area contributed by atoms with E-state index in [0.717, 1.165) is 0 Å². The van der Waals surface area contributed by atoms with Gasteiger partial charge >= 0.3 is 11.9 Å². The first-order valence-electron chi connectivity index (χ1n) is 7.92. The van der Waals surface area contributed by atoms with E-state index in [1.807, 2.05) is 6.07 Å². The second-order valence-corrected chi connectivity index (χ2v) is 6.73. The Kier molecular flexibility index (Phi) is 5.96. The van der Waals surface area contributed by atoms with Crippen LogP contribution in [0.3, 0.4) is 0 Å². The number of hydrogen-bond acceptors (Lipinski definition) is 6. The molecule has 1 saturated heterocycles. The topological polar surface area (TPSA) is 71.1 Å². The lowest BCUT2D eigenvalue weighted by atomic mass is 9.97. The van der Waals surface area contributed by atoms with Gasteiger partial charge in [-0.15, -0.1) is 0 Å². The van der Waals surface area contributed by atoms with Crippen molar-refractivity contribution in [2.75, 3.05) is 13.7 Å². The number of carbonyl (C=O) groups is 2. The Morgan fingerprint density at radius 2 is 1.88 bits per heavy atom. The Bertz CT molecular complexity index is 563. The zero-order valence-electron chi connectivity index (χ0n) is 14.5. The lowest BCUT2D eigenvalue weighted by Crippen LogP contribution is -2.34. The van der Waals surface area contributed by atoms with Gasteiger partial charge in [0, 0.05) is 13.5 Å². The van der Waals surface area contributed by atoms with Crippen LogP contribution in [0, 0.1) is 5.41 Å². The van der Waals surface area contributed by atoms with Crippen LogP contribution in [0.5, 0.6) is 0 Å². The van der Waals surface area contributed by atoms with Gasteiger partial charge in [-0.25, -0.2) is 4.79 Å². The fourth-order valence-electron chi connectivity index (χ4n) is 2.26. The van der Waals surface area contributed by atoms with Crippen molar-refractivity contribution in [3.63, 3.8) is 0 Å². The van der Waals surface area contributed by atoms with Crippen LogP contribution in [0.1, 0.15) is 37.6 Å². The second kappa shape index (κ2) is 7.77. The van der Waals surface area contributed by atoms with Crippen molar-refractivity contribution in [3.8, 4) is 0 Å². The predicted molar refractivity (Wildman–Crippen MR) is 86.3 cm³/mol. The largest absolute Gasteiger partial charge is 0.462 e. The lowest BCUT2D eigenvalue weighted by Gasteiger charge is -2.21. The molecule has 1 aliphatic rings. The SMILES string of the molecule is COC1C[C@@H](OC(=O)c2ccccc2)[C@@H](COC(=O)C(C)(C)C)O1. The monoisotopic (exact) mass is 336 g/mol. The molecule has 132 valence electrons. The maximum absolute atomic E-state index is 12.2. The molecule has 0 spiro atoms. The summed E-state index contributed by atoms with van der Waals surface area (Å²) in [5, 5.41) is 0. The van der Waals surface area contributed by atoms with Crippen LogP contribution in [0.25, 0.3) is 0 Å². The number of ether oxygens (including phenoxy) is 4. The molecule has 0 bridgehead atoms. The van der Waals surface area contributed by atoms with E-state index in [4.69, 9.17) is 18.9 Å². The molecule has 0 N–H and O–H groups in total. The van der Waals surface area contributed by atoms with E-state index < -0.39 is 29.9 Å². The third-order valence-corrected chi connectivity index (χ3v) is 3.69. The second-order valence-electron chi connectivity index (χ2n) is 6.73. The van der Waals surface area contributed by atoms with Gasteiger partial charge in [-0.3, -0.25) is 4.79 Å². The van der Waals surface area contributed by atoms with Gasteiger partial charge in [0.05, 0.1) is 11.0 Å². The average molecular weight is 336 g/mol. The van der Waals surface area contributed by atoms with Gasteiger partial charge in [0.25, 0.3) is 0 Å². The standard InChI is InChI=1S/C18H24O6/c1-18(2,3)17(20)22-11-14-13(10-15(21-4)23-14)24-16(19)12-8-6-5-7-9-12/h5-9,13-15H,10-11H2,1-4H3/t13-,14-,15?/m1/s1. The minimum atomic E-state index is -0.602. The fourth-order valence-corrected chi connectivity index (χ4v) is 2.26.